The molecular weight excluding hydrogens is 495 g/mol. The standard InChI is InChI=1S/C21H17F3N4O3.C3H7NO2/c1-25-19(29)18-12-17(9-10-26-18)31-16-7-5-14(6-8-16)27-20(30)28-15-4-2-3-13(11-15)21(22,23)24;5-2-1-4-3-6/h2-12H,1H3,(H,25,29)(H2,27,28,30);3,5H,1-2H2,(H,4,6). The maximum absolute atomic E-state index is 12.8. The third-order valence-electron chi connectivity index (χ3n) is 4.33. The maximum Gasteiger partial charge on any atom is 0.416 e. The van der Waals surface area contributed by atoms with Crippen molar-refractivity contribution in [1.82, 2.24) is 15.6 Å². The molecule has 0 spiro atoms. The fourth-order valence-electron chi connectivity index (χ4n) is 2.66. The Hall–Kier alpha value is -4.65. The molecule has 0 bridgehead atoms. The number of aliphatic hydroxyl groups is 1. The summed E-state index contributed by atoms with van der Waals surface area (Å²) in [5, 5.41) is 17.6. The Morgan fingerprint density at radius 3 is 2.30 bits per heavy atom. The topological polar surface area (TPSA) is 142 Å². The summed E-state index contributed by atoms with van der Waals surface area (Å²) in [5.41, 5.74) is -0.249. The van der Waals surface area contributed by atoms with Gasteiger partial charge in [-0.05, 0) is 48.5 Å². The molecule has 0 saturated carbocycles. The Balaban J connectivity index is 0.000000717. The number of carbonyl (C=O) groups is 3. The maximum atomic E-state index is 12.8. The summed E-state index contributed by atoms with van der Waals surface area (Å²) in [6.45, 7) is 0.363. The first-order valence-electron chi connectivity index (χ1n) is 10.7. The summed E-state index contributed by atoms with van der Waals surface area (Å²) in [6.07, 6.45) is -2.51. The van der Waals surface area contributed by atoms with Gasteiger partial charge in [0, 0.05) is 37.2 Å². The largest absolute Gasteiger partial charge is 0.457 e. The van der Waals surface area contributed by atoms with E-state index in [2.05, 4.69) is 26.3 Å². The molecule has 1 aromatic heterocycles. The van der Waals surface area contributed by atoms with Crippen molar-refractivity contribution in [2.24, 2.45) is 0 Å². The molecular formula is C24H24F3N5O5. The van der Waals surface area contributed by atoms with Crippen molar-refractivity contribution in [2.45, 2.75) is 6.18 Å². The monoisotopic (exact) mass is 519 g/mol. The van der Waals surface area contributed by atoms with E-state index in [1.54, 1.807) is 30.3 Å². The van der Waals surface area contributed by atoms with Crippen molar-refractivity contribution in [2.75, 3.05) is 30.8 Å². The number of hydrogen-bond donors (Lipinski definition) is 5. The molecule has 0 aliphatic carbocycles. The second-order valence-electron chi connectivity index (χ2n) is 7.04. The molecule has 37 heavy (non-hydrogen) atoms. The van der Waals surface area contributed by atoms with Gasteiger partial charge in [-0.25, -0.2) is 4.79 Å². The van der Waals surface area contributed by atoms with E-state index in [9.17, 15) is 27.6 Å². The van der Waals surface area contributed by atoms with Crippen molar-refractivity contribution in [3.8, 4) is 11.5 Å². The number of pyridine rings is 1. The van der Waals surface area contributed by atoms with E-state index in [-0.39, 0.29) is 23.9 Å². The number of aliphatic hydroxyl groups excluding tert-OH is 1. The first-order chi connectivity index (χ1) is 17.7. The van der Waals surface area contributed by atoms with E-state index >= 15 is 0 Å². The van der Waals surface area contributed by atoms with Crippen LogP contribution in [0.2, 0.25) is 0 Å². The molecule has 3 rings (SSSR count). The molecule has 196 valence electrons. The van der Waals surface area contributed by atoms with Gasteiger partial charge >= 0.3 is 12.2 Å². The predicted octanol–water partition coefficient (Wildman–Crippen LogP) is 3.62. The fraction of sp³-hybridized carbons (Fsp3) is 0.167. The number of amides is 4. The van der Waals surface area contributed by atoms with Crippen LogP contribution in [0.25, 0.3) is 0 Å². The van der Waals surface area contributed by atoms with Crippen molar-refractivity contribution in [1.29, 1.82) is 0 Å². The quantitative estimate of drug-likeness (QED) is 0.227. The van der Waals surface area contributed by atoms with E-state index in [0.29, 0.717) is 30.1 Å². The van der Waals surface area contributed by atoms with Crippen LogP contribution in [-0.2, 0) is 11.0 Å². The van der Waals surface area contributed by atoms with Crippen LogP contribution in [0.1, 0.15) is 16.1 Å². The van der Waals surface area contributed by atoms with E-state index in [1.807, 2.05) is 0 Å². The molecule has 5 N–H and O–H groups in total. The Morgan fingerprint density at radius 2 is 1.70 bits per heavy atom. The summed E-state index contributed by atoms with van der Waals surface area (Å²) < 4.78 is 43.9. The highest BCUT2D eigenvalue weighted by Gasteiger charge is 2.30. The number of rotatable bonds is 8. The predicted molar refractivity (Wildman–Crippen MR) is 129 cm³/mol. The molecule has 0 saturated heterocycles. The van der Waals surface area contributed by atoms with Gasteiger partial charge in [0.1, 0.15) is 17.2 Å². The number of hydrogen-bond acceptors (Lipinski definition) is 6. The van der Waals surface area contributed by atoms with Crippen LogP contribution in [0.15, 0.2) is 66.9 Å². The summed E-state index contributed by atoms with van der Waals surface area (Å²) in [6, 6.07) is 13.0. The molecule has 2 aromatic carbocycles. The summed E-state index contributed by atoms with van der Waals surface area (Å²) >= 11 is 0. The van der Waals surface area contributed by atoms with Gasteiger partial charge in [0.05, 0.1) is 12.2 Å². The van der Waals surface area contributed by atoms with Crippen molar-refractivity contribution in [3.63, 3.8) is 0 Å². The smallest absolute Gasteiger partial charge is 0.416 e. The van der Waals surface area contributed by atoms with Crippen molar-refractivity contribution < 1.29 is 37.4 Å². The Bertz CT molecular complexity index is 1190. The summed E-state index contributed by atoms with van der Waals surface area (Å²) in [7, 11) is 1.49. The van der Waals surface area contributed by atoms with Gasteiger partial charge in [0.15, 0.2) is 0 Å². The molecule has 0 atom stereocenters. The van der Waals surface area contributed by atoms with Gasteiger partial charge in [-0.1, -0.05) is 6.07 Å². The van der Waals surface area contributed by atoms with E-state index < -0.39 is 17.8 Å². The molecule has 1 heterocycles. The number of nitrogens with one attached hydrogen (secondary N) is 4. The third kappa shape index (κ3) is 9.85. The lowest BCUT2D eigenvalue weighted by Crippen LogP contribution is -2.19. The van der Waals surface area contributed by atoms with Gasteiger partial charge in [-0.15, -0.1) is 0 Å². The van der Waals surface area contributed by atoms with Gasteiger partial charge in [-0.2, -0.15) is 13.2 Å². The number of aromatic nitrogens is 1. The lowest BCUT2D eigenvalue weighted by Gasteiger charge is -2.11. The third-order valence-corrected chi connectivity index (χ3v) is 4.33. The Labute approximate surface area is 209 Å². The fourth-order valence-corrected chi connectivity index (χ4v) is 2.66. The van der Waals surface area contributed by atoms with Gasteiger partial charge < -0.3 is 31.1 Å². The highest BCUT2D eigenvalue weighted by molar-refractivity contribution is 5.99. The number of carbonyl (C=O) groups excluding carboxylic acids is 3. The van der Waals surface area contributed by atoms with Crippen LogP contribution in [0.3, 0.4) is 0 Å². The van der Waals surface area contributed by atoms with Gasteiger partial charge in [-0.3, -0.25) is 14.6 Å². The molecule has 3 aromatic rings. The lowest BCUT2D eigenvalue weighted by atomic mass is 10.2. The van der Waals surface area contributed by atoms with E-state index in [1.165, 1.54) is 31.4 Å². The molecule has 0 radical (unpaired) electrons. The zero-order valence-electron chi connectivity index (χ0n) is 19.5. The van der Waals surface area contributed by atoms with Crippen molar-refractivity contribution in [3.05, 3.63) is 78.1 Å². The second-order valence-corrected chi connectivity index (χ2v) is 7.04. The second kappa shape index (κ2) is 14.0. The minimum Gasteiger partial charge on any atom is -0.457 e. The van der Waals surface area contributed by atoms with Crippen LogP contribution in [-0.4, -0.2) is 48.6 Å². The van der Waals surface area contributed by atoms with E-state index in [0.717, 1.165) is 12.1 Å². The van der Waals surface area contributed by atoms with Crippen molar-refractivity contribution >= 4 is 29.7 Å². The zero-order chi connectivity index (χ0) is 27.3. The molecule has 0 fully saturated rings. The molecule has 0 aliphatic heterocycles. The average molecular weight is 519 g/mol. The van der Waals surface area contributed by atoms with Crippen LogP contribution in [0, 0.1) is 0 Å². The molecule has 13 heteroatoms. The van der Waals surface area contributed by atoms with Gasteiger partial charge in [0.25, 0.3) is 5.91 Å². The molecule has 10 nitrogen and oxygen atoms in total. The summed E-state index contributed by atoms with van der Waals surface area (Å²) in [5.74, 6) is 0.492. The number of urea groups is 1. The SMILES string of the molecule is CNC(=O)c1cc(Oc2ccc(NC(=O)Nc3cccc(C(F)(F)F)c3)cc2)ccn1.O=CNCCO. The summed E-state index contributed by atoms with van der Waals surface area (Å²) in [4.78, 5) is 37.0. The Morgan fingerprint density at radius 1 is 1.00 bits per heavy atom. The van der Waals surface area contributed by atoms with Crippen LogP contribution in [0.4, 0.5) is 29.3 Å². The number of alkyl halides is 3. The number of nitrogens with zero attached hydrogens (tertiary/aromatic N) is 1. The highest BCUT2D eigenvalue weighted by atomic mass is 19.4. The number of anilines is 2. The van der Waals surface area contributed by atoms with E-state index in [4.69, 9.17) is 9.84 Å². The first-order valence-corrected chi connectivity index (χ1v) is 10.7. The van der Waals surface area contributed by atoms with Crippen LogP contribution in [0.5, 0.6) is 11.5 Å². The number of ether oxygens (including phenoxy) is 1. The molecule has 0 unspecified atom stereocenters. The Kier molecular flexibility index (Phi) is 10.8. The van der Waals surface area contributed by atoms with Crippen LogP contribution < -0.4 is 26.0 Å². The average Bonchev–Trinajstić information content (AvgIpc) is 2.88. The zero-order valence-corrected chi connectivity index (χ0v) is 19.5. The normalized spacial score (nSPS) is 10.3. The number of benzene rings is 2. The number of halogens is 3. The van der Waals surface area contributed by atoms with Crippen LogP contribution >= 0.6 is 0 Å². The highest BCUT2D eigenvalue weighted by Crippen LogP contribution is 2.30. The molecule has 0 aliphatic rings. The minimum atomic E-state index is -4.50. The minimum absolute atomic E-state index is 0.0110. The molecule has 4 amide bonds. The first kappa shape index (κ1) is 28.6. The van der Waals surface area contributed by atoms with Gasteiger partial charge in [0.2, 0.25) is 6.41 Å². The lowest BCUT2D eigenvalue weighted by molar-refractivity contribution is -0.137.